The van der Waals surface area contributed by atoms with Crippen molar-refractivity contribution >= 4 is 35.0 Å². The fourth-order valence-corrected chi connectivity index (χ4v) is 3.97. The zero-order valence-electron chi connectivity index (χ0n) is 19.1. The summed E-state index contributed by atoms with van der Waals surface area (Å²) in [5, 5.41) is 5.82. The third kappa shape index (κ3) is 6.99. The lowest BCUT2D eigenvalue weighted by Gasteiger charge is -2.19. The maximum Gasteiger partial charge on any atom is 0.255 e. The van der Waals surface area contributed by atoms with Crippen LogP contribution in [0.5, 0.6) is 0 Å². The summed E-state index contributed by atoms with van der Waals surface area (Å²) < 4.78 is 0. The molecule has 0 saturated heterocycles. The van der Waals surface area contributed by atoms with Gasteiger partial charge in [0, 0.05) is 34.0 Å². The summed E-state index contributed by atoms with van der Waals surface area (Å²) in [4.78, 5) is 26.1. The molecule has 0 unspecified atom stereocenters. The summed E-state index contributed by atoms with van der Waals surface area (Å²) in [5.41, 5.74) is 4.35. The minimum atomic E-state index is -0.177. The van der Waals surface area contributed by atoms with Gasteiger partial charge in [-0.2, -0.15) is 0 Å². The normalized spacial score (nSPS) is 11.1. The Bertz CT molecular complexity index is 1070. The Morgan fingerprint density at radius 3 is 2.09 bits per heavy atom. The Morgan fingerprint density at radius 2 is 1.47 bits per heavy atom. The van der Waals surface area contributed by atoms with Crippen LogP contribution in [0.3, 0.4) is 0 Å². The molecule has 0 spiro atoms. The Morgan fingerprint density at radius 1 is 0.844 bits per heavy atom. The van der Waals surface area contributed by atoms with Crippen molar-refractivity contribution in [3.05, 3.63) is 89.5 Å². The van der Waals surface area contributed by atoms with Crippen molar-refractivity contribution < 1.29 is 9.59 Å². The number of nitrogens with one attached hydrogen (secondary N) is 2. The number of hydrogen-bond acceptors (Lipinski definition) is 3. The topological polar surface area (TPSA) is 58.2 Å². The van der Waals surface area contributed by atoms with Gasteiger partial charge in [-0.15, -0.1) is 11.8 Å². The molecule has 0 fully saturated rings. The van der Waals surface area contributed by atoms with Gasteiger partial charge in [-0.1, -0.05) is 56.7 Å². The predicted octanol–water partition coefficient (Wildman–Crippen LogP) is 6.67. The molecular weight excluding hydrogens is 416 g/mol. The van der Waals surface area contributed by atoms with Crippen LogP contribution in [0.15, 0.2) is 77.7 Å². The van der Waals surface area contributed by atoms with Gasteiger partial charge in [-0.3, -0.25) is 9.59 Å². The van der Waals surface area contributed by atoms with Crippen molar-refractivity contribution in [1.29, 1.82) is 0 Å². The largest absolute Gasteiger partial charge is 0.326 e. The number of amides is 2. The molecule has 0 aliphatic rings. The lowest BCUT2D eigenvalue weighted by Crippen LogP contribution is -2.15. The van der Waals surface area contributed by atoms with Crippen LogP contribution in [0, 0.1) is 6.92 Å². The lowest BCUT2D eigenvalue weighted by molar-refractivity contribution is -0.115. The van der Waals surface area contributed by atoms with E-state index in [1.54, 1.807) is 17.8 Å². The van der Waals surface area contributed by atoms with Gasteiger partial charge in [0.15, 0.2) is 0 Å². The van der Waals surface area contributed by atoms with Gasteiger partial charge in [0.05, 0.1) is 0 Å². The second-order valence-electron chi connectivity index (χ2n) is 8.82. The van der Waals surface area contributed by atoms with E-state index in [-0.39, 0.29) is 17.2 Å². The molecule has 0 aliphatic heterocycles. The van der Waals surface area contributed by atoms with Gasteiger partial charge in [0.2, 0.25) is 5.91 Å². The number of carbonyl (C=O) groups excluding carboxylic acids is 2. The van der Waals surface area contributed by atoms with E-state index in [0.717, 1.165) is 4.90 Å². The fourth-order valence-electron chi connectivity index (χ4n) is 3.12. The molecule has 3 aromatic carbocycles. The average molecular weight is 447 g/mol. The van der Waals surface area contributed by atoms with Gasteiger partial charge in [0.1, 0.15) is 0 Å². The number of thioether (sulfide) groups is 1. The Kier molecular flexibility index (Phi) is 7.75. The molecule has 5 heteroatoms. The SMILES string of the molecule is Cc1ccc(SCCC(=O)Nc2cccc(NC(=O)c3ccc(C(C)(C)C)cc3)c2)cc1. The average Bonchev–Trinajstić information content (AvgIpc) is 2.75. The number of aryl methyl sites for hydroxylation is 1. The van der Waals surface area contributed by atoms with E-state index in [0.29, 0.717) is 29.1 Å². The summed E-state index contributed by atoms with van der Waals surface area (Å²) in [7, 11) is 0. The van der Waals surface area contributed by atoms with E-state index < -0.39 is 0 Å². The lowest BCUT2D eigenvalue weighted by atomic mass is 9.87. The summed E-state index contributed by atoms with van der Waals surface area (Å²) in [5.74, 6) is 0.477. The maximum absolute atomic E-state index is 12.6. The second kappa shape index (κ2) is 10.5. The van der Waals surface area contributed by atoms with E-state index >= 15 is 0 Å². The van der Waals surface area contributed by atoms with Gasteiger partial charge >= 0.3 is 0 Å². The van der Waals surface area contributed by atoms with Crippen LogP contribution in [-0.2, 0) is 10.2 Å². The fraction of sp³-hybridized carbons (Fsp3) is 0.259. The van der Waals surface area contributed by atoms with Gasteiger partial charge in [-0.25, -0.2) is 0 Å². The molecule has 4 nitrogen and oxygen atoms in total. The highest BCUT2D eigenvalue weighted by Gasteiger charge is 2.14. The molecule has 2 amide bonds. The Balaban J connectivity index is 1.52. The van der Waals surface area contributed by atoms with Crippen LogP contribution in [-0.4, -0.2) is 17.6 Å². The summed E-state index contributed by atoms with van der Waals surface area (Å²) >= 11 is 1.66. The molecule has 0 heterocycles. The molecule has 0 saturated carbocycles. The monoisotopic (exact) mass is 446 g/mol. The minimum Gasteiger partial charge on any atom is -0.326 e. The molecule has 166 valence electrons. The molecule has 0 bridgehead atoms. The number of carbonyl (C=O) groups is 2. The van der Waals surface area contributed by atoms with Crippen LogP contribution in [0.1, 0.15) is 48.7 Å². The molecule has 0 aromatic heterocycles. The second-order valence-corrected chi connectivity index (χ2v) is 9.99. The molecule has 3 rings (SSSR count). The third-order valence-electron chi connectivity index (χ3n) is 5.04. The highest BCUT2D eigenvalue weighted by Crippen LogP contribution is 2.23. The minimum absolute atomic E-state index is 0.0419. The molecular formula is C27H30N2O2S. The summed E-state index contributed by atoms with van der Waals surface area (Å²) in [6, 6.07) is 23.1. The van der Waals surface area contributed by atoms with Crippen LogP contribution in [0.4, 0.5) is 11.4 Å². The first-order valence-corrected chi connectivity index (χ1v) is 11.7. The molecule has 2 N–H and O–H groups in total. The molecule has 0 atom stereocenters. The first kappa shape index (κ1) is 23.6. The number of rotatable bonds is 7. The first-order chi connectivity index (χ1) is 15.2. The zero-order valence-corrected chi connectivity index (χ0v) is 19.9. The standard InChI is InChI=1S/C27H30N2O2S/c1-19-8-14-24(15-9-19)32-17-16-25(30)28-22-6-5-7-23(18-22)29-26(31)20-10-12-21(13-11-20)27(2,3)4/h5-15,18H,16-17H2,1-4H3,(H,28,30)(H,29,31). The van der Waals surface area contributed by atoms with Crippen LogP contribution >= 0.6 is 11.8 Å². The predicted molar refractivity (Wildman–Crippen MR) is 135 cm³/mol. The van der Waals surface area contributed by atoms with Crippen LogP contribution in [0.2, 0.25) is 0 Å². The van der Waals surface area contributed by atoms with Crippen molar-refractivity contribution in [3.8, 4) is 0 Å². The Labute approximate surface area is 194 Å². The zero-order chi connectivity index (χ0) is 23.1. The number of anilines is 2. The van der Waals surface area contributed by atoms with Crippen molar-refractivity contribution in [2.75, 3.05) is 16.4 Å². The molecule has 3 aromatic rings. The molecule has 0 aliphatic carbocycles. The smallest absolute Gasteiger partial charge is 0.255 e. The van der Waals surface area contributed by atoms with Crippen molar-refractivity contribution in [3.63, 3.8) is 0 Å². The highest BCUT2D eigenvalue weighted by atomic mass is 32.2. The molecule has 32 heavy (non-hydrogen) atoms. The van der Waals surface area contributed by atoms with Gasteiger partial charge in [-0.05, 0) is 60.4 Å². The van der Waals surface area contributed by atoms with Gasteiger partial charge in [0.25, 0.3) is 5.91 Å². The third-order valence-corrected chi connectivity index (χ3v) is 6.05. The van der Waals surface area contributed by atoms with E-state index in [4.69, 9.17) is 0 Å². The first-order valence-electron chi connectivity index (χ1n) is 10.7. The van der Waals surface area contributed by atoms with E-state index in [9.17, 15) is 9.59 Å². The maximum atomic E-state index is 12.6. The number of hydrogen-bond donors (Lipinski definition) is 2. The van der Waals surface area contributed by atoms with E-state index in [2.05, 4.69) is 62.6 Å². The molecule has 0 radical (unpaired) electrons. The van der Waals surface area contributed by atoms with Crippen molar-refractivity contribution in [1.82, 2.24) is 0 Å². The summed E-state index contributed by atoms with van der Waals surface area (Å²) in [6.45, 7) is 8.48. The van der Waals surface area contributed by atoms with Crippen molar-refractivity contribution in [2.45, 2.75) is 44.4 Å². The van der Waals surface area contributed by atoms with Crippen LogP contribution in [0.25, 0.3) is 0 Å². The van der Waals surface area contributed by atoms with E-state index in [1.807, 2.05) is 42.5 Å². The highest BCUT2D eigenvalue weighted by molar-refractivity contribution is 7.99. The summed E-state index contributed by atoms with van der Waals surface area (Å²) in [6.07, 6.45) is 0.412. The van der Waals surface area contributed by atoms with E-state index in [1.165, 1.54) is 11.1 Å². The Hall–Kier alpha value is -3.05. The number of benzene rings is 3. The quantitative estimate of drug-likeness (QED) is 0.399. The van der Waals surface area contributed by atoms with Gasteiger partial charge < -0.3 is 10.6 Å². The van der Waals surface area contributed by atoms with Crippen molar-refractivity contribution in [2.24, 2.45) is 0 Å². The van der Waals surface area contributed by atoms with Crippen LogP contribution < -0.4 is 10.6 Å².